The number of rotatable bonds is 14. The van der Waals surface area contributed by atoms with Crippen LogP contribution in [0.4, 0.5) is 45.1 Å². The van der Waals surface area contributed by atoms with Crippen molar-refractivity contribution in [3.8, 4) is 0 Å². The van der Waals surface area contributed by atoms with Gasteiger partial charge in [-0.2, -0.15) is 0 Å². The Hall–Kier alpha value is -6.60. The summed E-state index contributed by atoms with van der Waals surface area (Å²) in [6.45, 7) is 7.76. The molecule has 4 saturated heterocycles. The van der Waals surface area contributed by atoms with Gasteiger partial charge in [-0.1, -0.05) is 68.1 Å². The Balaban J connectivity index is 0.000000192. The monoisotopic (exact) mass is 1080 g/mol. The van der Waals surface area contributed by atoms with Gasteiger partial charge in [0.1, 0.15) is 11.6 Å². The van der Waals surface area contributed by atoms with Crippen LogP contribution < -0.4 is 48.3 Å². The number of amides is 4. The molecule has 0 unspecified atom stereocenters. The van der Waals surface area contributed by atoms with Crippen molar-refractivity contribution in [2.75, 3.05) is 78.1 Å². The third-order valence-corrected chi connectivity index (χ3v) is 16.9. The number of primary amides is 2. The minimum Gasteiger partial charge on any atom is -0.364 e. The Morgan fingerprint density at radius 1 is 0.500 bits per heavy atom. The molecule has 4 amide bonds. The number of likely N-dealkylation sites (tertiary alicyclic amines) is 2. The molecule has 10 N–H and O–H groups in total. The molecule has 11 rings (SSSR count). The van der Waals surface area contributed by atoms with Crippen LogP contribution in [0.5, 0.6) is 0 Å². The Kier molecular flexibility index (Phi) is 19.3. The van der Waals surface area contributed by atoms with E-state index < -0.39 is 11.8 Å². The number of hydrogen-bond donors (Lipinski definition) is 7. The normalized spacial score (nSPS) is 21.0. The smallest absolute Gasteiger partial charge is 0.319 e. The van der Waals surface area contributed by atoms with Crippen molar-refractivity contribution in [2.45, 2.75) is 139 Å². The minimum atomic E-state index is -0.636. The molecular formula is C59H80ClN15O3. The number of nitrogens with one attached hydrogen (secondary N) is 4. The van der Waals surface area contributed by atoms with Crippen LogP contribution in [-0.2, 0) is 0 Å². The fraction of sp³-hybridized carbons (Fsp3) is 0.508. The maximum Gasteiger partial charge on any atom is 0.319 e. The first-order valence-corrected chi connectivity index (χ1v) is 28.5. The van der Waals surface area contributed by atoms with Gasteiger partial charge in [-0.15, -0.1) is 12.4 Å². The third kappa shape index (κ3) is 14.5. The van der Waals surface area contributed by atoms with E-state index in [-0.39, 0.29) is 41.9 Å². The summed E-state index contributed by atoms with van der Waals surface area (Å²) in [7, 11) is 0. The summed E-state index contributed by atoms with van der Waals surface area (Å²) in [4.78, 5) is 64.5. The van der Waals surface area contributed by atoms with Gasteiger partial charge in [-0.25, -0.2) is 24.7 Å². The van der Waals surface area contributed by atoms with Gasteiger partial charge in [0.05, 0.1) is 12.4 Å². The number of urea groups is 1. The largest absolute Gasteiger partial charge is 0.364 e. The van der Waals surface area contributed by atoms with Crippen LogP contribution in [0.25, 0.3) is 0 Å². The molecule has 6 heterocycles. The van der Waals surface area contributed by atoms with Crippen molar-refractivity contribution >= 4 is 70.6 Å². The predicted octanol–water partition coefficient (Wildman–Crippen LogP) is 9.02. The van der Waals surface area contributed by atoms with Gasteiger partial charge in [0.2, 0.25) is 0 Å². The fourth-order valence-corrected chi connectivity index (χ4v) is 12.7. The van der Waals surface area contributed by atoms with Crippen LogP contribution in [0.3, 0.4) is 0 Å². The molecule has 2 aliphatic carbocycles. The predicted molar refractivity (Wildman–Crippen MR) is 313 cm³/mol. The standard InChI is InChI=1S/C33H42N8O2.C26H37N7O.ClH/c34-31(42)30-32(36-26-14-12-23(13-15-26)24-16-19-40(20-17-24)28-10-4-5-11-28)39-29(21-35-30)41-18-6-9-27(22-41)38-33(43)37-25-7-2-1-3-8-25;27-20-4-3-13-33(17-20)23-16-29-24(25(28)34)26(31-23)30-21-9-7-18(8-10-21)19-11-14-32(15-12-19)22-5-1-2-6-22;/h1-3,7-8,12-15,21,24,27-28H,4-6,9-11,16-20,22H2,(H2,34,42)(H,36,39)(H2,37,38,43);7-10,16,19-20,22H,1-6,11-15,17,27H2,(H2,28,34)(H,30,31);1H/t27-;20-;/m11./s1. The van der Waals surface area contributed by atoms with Gasteiger partial charge in [-0.05, 0) is 163 Å². The molecule has 0 bridgehead atoms. The number of carbonyl (C=O) groups is 3. The second-order valence-corrected chi connectivity index (χ2v) is 22.2. The van der Waals surface area contributed by atoms with E-state index in [2.05, 4.69) is 87.2 Å². The molecule has 0 spiro atoms. The number of nitrogens with zero attached hydrogens (tertiary/aromatic N) is 8. The van der Waals surface area contributed by atoms with Gasteiger partial charge in [-0.3, -0.25) is 9.59 Å². The maximum atomic E-state index is 12.6. The summed E-state index contributed by atoms with van der Waals surface area (Å²) in [5, 5.41) is 12.5. The highest BCUT2D eigenvalue weighted by atomic mass is 35.5. The molecule has 3 aromatic carbocycles. The summed E-state index contributed by atoms with van der Waals surface area (Å²) >= 11 is 0. The van der Waals surface area contributed by atoms with E-state index in [1.165, 1.54) is 114 Å². The van der Waals surface area contributed by atoms with E-state index in [1.54, 1.807) is 12.4 Å². The Morgan fingerprint density at radius 2 is 0.949 bits per heavy atom. The van der Waals surface area contributed by atoms with Crippen molar-refractivity contribution in [1.82, 2.24) is 35.1 Å². The lowest BCUT2D eigenvalue weighted by atomic mass is 9.88. The molecule has 2 aromatic heterocycles. The molecule has 78 heavy (non-hydrogen) atoms. The Bertz CT molecular complexity index is 2740. The van der Waals surface area contributed by atoms with Crippen molar-refractivity contribution in [2.24, 2.45) is 17.2 Å². The van der Waals surface area contributed by atoms with Gasteiger partial charge in [0.25, 0.3) is 11.8 Å². The lowest BCUT2D eigenvalue weighted by molar-refractivity contribution is 0.0987. The lowest BCUT2D eigenvalue weighted by Crippen LogP contribution is -2.49. The number of anilines is 7. The Morgan fingerprint density at radius 3 is 1.40 bits per heavy atom. The molecular weight excluding hydrogens is 1000 g/mol. The molecule has 0 radical (unpaired) electrons. The van der Waals surface area contributed by atoms with E-state index >= 15 is 0 Å². The number of para-hydroxylation sites is 1. The number of benzene rings is 3. The molecule has 4 aliphatic heterocycles. The van der Waals surface area contributed by atoms with Crippen LogP contribution in [0.2, 0.25) is 0 Å². The number of hydrogen-bond acceptors (Lipinski definition) is 14. The van der Waals surface area contributed by atoms with E-state index in [0.29, 0.717) is 41.7 Å². The van der Waals surface area contributed by atoms with E-state index in [4.69, 9.17) is 27.2 Å². The molecule has 2 saturated carbocycles. The van der Waals surface area contributed by atoms with E-state index in [1.807, 2.05) is 42.5 Å². The minimum absolute atomic E-state index is 0. The summed E-state index contributed by atoms with van der Waals surface area (Å²) in [6, 6.07) is 27.8. The molecule has 5 aromatic rings. The van der Waals surface area contributed by atoms with Gasteiger partial charge >= 0.3 is 6.03 Å². The van der Waals surface area contributed by atoms with Crippen molar-refractivity contribution < 1.29 is 14.4 Å². The number of nitrogens with two attached hydrogens (primary N) is 3. The average Bonchev–Trinajstić information content (AvgIpc) is 4.23. The zero-order valence-corrected chi connectivity index (χ0v) is 45.9. The highest BCUT2D eigenvalue weighted by Gasteiger charge is 2.30. The number of halogens is 1. The molecule has 18 nitrogen and oxygen atoms in total. The first kappa shape index (κ1) is 56.1. The van der Waals surface area contributed by atoms with E-state index in [0.717, 1.165) is 74.5 Å². The van der Waals surface area contributed by atoms with Crippen LogP contribution in [-0.4, -0.2) is 124 Å². The number of piperidine rings is 4. The molecule has 19 heteroatoms. The van der Waals surface area contributed by atoms with Crippen LogP contribution >= 0.6 is 12.4 Å². The number of aromatic nitrogens is 4. The fourth-order valence-electron chi connectivity index (χ4n) is 12.7. The maximum absolute atomic E-state index is 12.6. The van der Waals surface area contributed by atoms with Crippen LogP contribution in [0.15, 0.2) is 91.3 Å². The highest BCUT2D eigenvalue weighted by Crippen LogP contribution is 2.36. The lowest BCUT2D eigenvalue weighted by Gasteiger charge is -2.36. The quantitative estimate of drug-likeness (QED) is 0.0549. The van der Waals surface area contributed by atoms with Crippen LogP contribution in [0, 0.1) is 0 Å². The van der Waals surface area contributed by atoms with Gasteiger partial charge in [0.15, 0.2) is 23.0 Å². The van der Waals surface area contributed by atoms with Crippen molar-refractivity contribution in [3.63, 3.8) is 0 Å². The number of carbonyl (C=O) groups excluding carboxylic acids is 3. The van der Waals surface area contributed by atoms with Crippen molar-refractivity contribution in [1.29, 1.82) is 0 Å². The average molecular weight is 1080 g/mol. The zero-order valence-electron chi connectivity index (χ0n) is 45.0. The molecule has 6 aliphatic rings. The van der Waals surface area contributed by atoms with Gasteiger partial charge < -0.3 is 58.1 Å². The van der Waals surface area contributed by atoms with Gasteiger partial charge in [0, 0.05) is 67.4 Å². The summed E-state index contributed by atoms with van der Waals surface area (Å²) in [5.41, 5.74) is 22.8. The highest BCUT2D eigenvalue weighted by molar-refractivity contribution is 5.97. The first-order valence-electron chi connectivity index (χ1n) is 28.5. The summed E-state index contributed by atoms with van der Waals surface area (Å²) < 4.78 is 0. The molecule has 2 atom stereocenters. The summed E-state index contributed by atoms with van der Waals surface area (Å²) in [6.07, 6.45) is 22.9. The zero-order chi connectivity index (χ0) is 53.1. The van der Waals surface area contributed by atoms with Crippen LogP contribution in [0.1, 0.15) is 147 Å². The summed E-state index contributed by atoms with van der Waals surface area (Å²) in [5.74, 6) is 2.03. The Labute approximate surface area is 465 Å². The molecule has 6 fully saturated rings. The SMILES string of the molecule is Cl.NC(=O)c1ncc(N2CCC[C@@H](N)C2)nc1Nc1ccc(C2CCN(C3CCCC3)CC2)cc1.NC(=O)c1ncc(N2CCC[C@@H](NC(=O)Nc3ccccc3)C2)nc1Nc1ccc(C2CCN(C3CCCC3)CC2)cc1. The second kappa shape index (κ2) is 26.8. The second-order valence-electron chi connectivity index (χ2n) is 22.2. The first-order chi connectivity index (χ1) is 37.6. The van der Waals surface area contributed by atoms with E-state index in [9.17, 15) is 14.4 Å². The topological polar surface area (TPSA) is 242 Å². The third-order valence-electron chi connectivity index (χ3n) is 16.9. The molecule has 416 valence electrons. The van der Waals surface area contributed by atoms with Crippen molar-refractivity contribution in [3.05, 3.63) is 114 Å².